The number of sulfonamides is 1. The molecule has 8 heteroatoms. The zero-order valence-corrected chi connectivity index (χ0v) is 16.3. The molecule has 0 heterocycles. The highest BCUT2D eigenvalue weighted by Crippen LogP contribution is 2.19. The van der Waals surface area contributed by atoms with Gasteiger partial charge in [-0.15, -0.1) is 11.8 Å². The number of carbonyl (C=O) groups is 1. The van der Waals surface area contributed by atoms with E-state index >= 15 is 0 Å². The first kappa shape index (κ1) is 19.8. The zero-order valence-electron chi connectivity index (χ0n) is 13.9. The van der Waals surface area contributed by atoms with Crippen LogP contribution in [0.1, 0.15) is 10.4 Å². The quantitative estimate of drug-likeness (QED) is 0.574. The Bertz CT molecular complexity index is 820. The average Bonchev–Trinajstić information content (AvgIpc) is 2.60. The minimum Gasteiger partial charge on any atom is -0.351 e. The van der Waals surface area contributed by atoms with E-state index in [0.29, 0.717) is 17.1 Å². The fourth-order valence-electron chi connectivity index (χ4n) is 1.96. The third-order valence-corrected chi connectivity index (χ3v) is 6.46. The Hall–Kier alpha value is -1.54. The van der Waals surface area contributed by atoms with Crippen LogP contribution in [0.5, 0.6) is 0 Å². The predicted molar refractivity (Wildman–Crippen MR) is 102 cm³/mol. The highest BCUT2D eigenvalue weighted by molar-refractivity contribution is 7.99. The molecule has 0 saturated heterocycles. The second-order valence-corrected chi connectivity index (χ2v) is 9.13. The maximum atomic E-state index is 12.1. The number of benzene rings is 2. The molecule has 0 spiro atoms. The molecule has 0 bridgehead atoms. The summed E-state index contributed by atoms with van der Waals surface area (Å²) in [6.07, 6.45) is 0. The predicted octanol–water partition coefficient (Wildman–Crippen LogP) is 3.11. The van der Waals surface area contributed by atoms with Gasteiger partial charge in [0.25, 0.3) is 5.91 Å². The van der Waals surface area contributed by atoms with Crippen molar-refractivity contribution in [2.45, 2.75) is 9.79 Å². The summed E-state index contributed by atoms with van der Waals surface area (Å²) in [6, 6.07) is 13.4. The lowest BCUT2D eigenvalue weighted by Gasteiger charge is -2.11. The van der Waals surface area contributed by atoms with Crippen LogP contribution in [0, 0.1) is 0 Å². The lowest BCUT2D eigenvalue weighted by Crippen LogP contribution is -2.26. The minimum atomic E-state index is -3.49. The van der Waals surface area contributed by atoms with E-state index in [1.165, 1.54) is 38.4 Å². The molecule has 0 aliphatic carbocycles. The number of hydrogen-bond donors (Lipinski definition) is 1. The molecule has 2 rings (SSSR count). The van der Waals surface area contributed by atoms with Gasteiger partial charge in [0.1, 0.15) is 0 Å². The summed E-state index contributed by atoms with van der Waals surface area (Å²) in [5.74, 6) is 0.492. The van der Waals surface area contributed by atoms with Gasteiger partial charge in [0.15, 0.2) is 0 Å². The fraction of sp³-hybridized carbons (Fsp3) is 0.235. The van der Waals surface area contributed by atoms with Gasteiger partial charge in [0, 0.05) is 41.9 Å². The molecule has 0 unspecified atom stereocenters. The number of hydrogen-bond acceptors (Lipinski definition) is 4. The summed E-state index contributed by atoms with van der Waals surface area (Å²) < 4.78 is 25.1. The van der Waals surface area contributed by atoms with Crippen molar-refractivity contribution in [3.63, 3.8) is 0 Å². The molecular weight excluding hydrogens is 380 g/mol. The molecule has 2 aromatic carbocycles. The molecule has 5 nitrogen and oxygen atoms in total. The van der Waals surface area contributed by atoms with Gasteiger partial charge < -0.3 is 5.32 Å². The number of halogens is 1. The molecule has 0 radical (unpaired) electrons. The van der Waals surface area contributed by atoms with Crippen LogP contribution in [-0.2, 0) is 10.0 Å². The summed E-state index contributed by atoms with van der Waals surface area (Å²) in [5, 5.41) is 3.51. The largest absolute Gasteiger partial charge is 0.351 e. The van der Waals surface area contributed by atoms with Gasteiger partial charge in [-0.25, -0.2) is 12.7 Å². The zero-order chi connectivity index (χ0) is 18.4. The number of rotatable bonds is 7. The van der Waals surface area contributed by atoms with Crippen LogP contribution in [0.25, 0.3) is 0 Å². The van der Waals surface area contributed by atoms with Gasteiger partial charge in [-0.3, -0.25) is 4.79 Å². The smallest absolute Gasteiger partial charge is 0.251 e. The van der Waals surface area contributed by atoms with E-state index in [2.05, 4.69) is 5.32 Å². The standard InChI is InChI=1S/C17H19ClN2O3S2/c1-20(2)25(22,23)16-9-3-13(4-10-16)17(21)19-11-12-24-15-7-5-14(18)6-8-15/h3-10H,11-12H2,1-2H3,(H,19,21). The molecule has 25 heavy (non-hydrogen) atoms. The van der Waals surface area contributed by atoms with E-state index in [9.17, 15) is 13.2 Å². The minimum absolute atomic E-state index is 0.160. The summed E-state index contributed by atoms with van der Waals surface area (Å²) in [6.45, 7) is 0.504. The average molecular weight is 399 g/mol. The van der Waals surface area contributed by atoms with Gasteiger partial charge in [0.2, 0.25) is 10.0 Å². The van der Waals surface area contributed by atoms with Gasteiger partial charge in [0.05, 0.1) is 4.90 Å². The lowest BCUT2D eigenvalue weighted by atomic mass is 10.2. The van der Waals surface area contributed by atoms with Crippen molar-refractivity contribution < 1.29 is 13.2 Å². The Morgan fingerprint density at radius 2 is 1.68 bits per heavy atom. The molecule has 0 atom stereocenters. The van der Waals surface area contributed by atoms with Crippen molar-refractivity contribution >= 4 is 39.3 Å². The van der Waals surface area contributed by atoms with Crippen molar-refractivity contribution in [2.24, 2.45) is 0 Å². The first-order valence-electron chi connectivity index (χ1n) is 7.50. The molecule has 0 saturated carbocycles. The van der Waals surface area contributed by atoms with Crippen LogP contribution < -0.4 is 5.32 Å². The van der Waals surface area contributed by atoms with Crippen LogP contribution in [-0.4, -0.2) is 45.0 Å². The van der Waals surface area contributed by atoms with Crippen molar-refractivity contribution in [1.82, 2.24) is 9.62 Å². The maximum absolute atomic E-state index is 12.1. The van der Waals surface area contributed by atoms with E-state index in [4.69, 9.17) is 11.6 Å². The summed E-state index contributed by atoms with van der Waals surface area (Å²) in [5.41, 5.74) is 0.425. The first-order chi connectivity index (χ1) is 11.8. The van der Waals surface area contributed by atoms with Crippen molar-refractivity contribution in [3.8, 4) is 0 Å². The molecule has 0 aliphatic heterocycles. The fourth-order valence-corrected chi connectivity index (χ4v) is 3.75. The first-order valence-corrected chi connectivity index (χ1v) is 10.3. The summed E-state index contributed by atoms with van der Waals surface area (Å²) in [7, 11) is -0.552. The Balaban J connectivity index is 1.85. The van der Waals surface area contributed by atoms with Crippen molar-refractivity contribution in [2.75, 3.05) is 26.4 Å². The Labute approximate surface area is 157 Å². The summed E-state index contributed by atoms with van der Waals surface area (Å²) >= 11 is 7.45. The Kier molecular flexibility index (Phi) is 6.89. The normalized spacial score (nSPS) is 11.5. The van der Waals surface area contributed by atoms with Crippen molar-refractivity contribution in [1.29, 1.82) is 0 Å². The van der Waals surface area contributed by atoms with Gasteiger partial charge >= 0.3 is 0 Å². The number of thioether (sulfide) groups is 1. The van der Waals surface area contributed by atoms with Crippen molar-refractivity contribution in [3.05, 3.63) is 59.1 Å². The molecule has 1 N–H and O–H groups in total. The van der Waals surface area contributed by atoms with E-state index in [1.54, 1.807) is 11.8 Å². The molecule has 1 amide bonds. The summed E-state index contributed by atoms with van der Waals surface area (Å²) in [4.78, 5) is 13.3. The van der Waals surface area contributed by atoms with Crippen LogP contribution in [0.15, 0.2) is 58.3 Å². The molecule has 2 aromatic rings. The molecular formula is C17H19ClN2O3S2. The van der Waals surface area contributed by atoms with E-state index in [1.807, 2.05) is 24.3 Å². The number of nitrogens with one attached hydrogen (secondary N) is 1. The number of nitrogens with zero attached hydrogens (tertiary/aromatic N) is 1. The van der Waals surface area contributed by atoms with Gasteiger partial charge in [-0.2, -0.15) is 0 Å². The second kappa shape index (κ2) is 8.71. The Morgan fingerprint density at radius 3 is 2.24 bits per heavy atom. The second-order valence-electron chi connectivity index (χ2n) is 5.37. The van der Waals surface area contributed by atoms with E-state index in [0.717, 1.165) is 15.0 Å². The maximum Gasteiger partial charge on any atom is 0.251 e. The Morgan fingerprint density at radius 1 is 1.08 bits per heavy atom. The SMILES string of the molecule is CN(C)S(=O)(=O)c1ccc(C(=O)NCCSc2ccc(Cl)cc2)cc1. The highest BCUT2D eigenvalue weighted by Gasteiger charge is 2.17. The third kappa shape index (κ3) is 5.47. The highest BCUT2D eigenvalue weighted by atomic mass is 35.5. The monoisotopic (exact) mass is 398 g/mol. The molecule has 0 aromatic heterocycles. The van der Waals surface area contributed by atoms with Gasteiger partial charge in [-0.05, 0) is 48.5 Å². The van der Waals surface area contributed by atoms with Crippen LogP contribution in [0.2, 0.25) is 5.02 Å². The number of amides is 1. The molecule has 0 aliphatic rings. The molecule has 134 valence electrons. The topological polar surface area (TPSA) is 66.5 Å². The van der Waals surface area contributed by atoms with E-state index in [-0.39, 0.29) is 10.8 Å². The van der Waals surface area contributed by atoms with Gasteiger partial charge in [-0.1, -0.05) is 11.6 Å². The lowest BCUT2D eigenvalue weighted by molar-refractivity contribution is 0.0956. The third-order valence-electron chi connectivity index (χ3n) is 3.37. The van der Waals surface area contributed by atoms with Crippen LogP contribution >= 0.6 is 23.4 Å². The number of carbonyl (C=O) groups excluding carboxylic acids is 1. The van der Waals surface area contributed by atoms with E-state index < -0.39 is 10.0 Å². The van der Waals surface area contributed by atoms with Crippen LogP contribution in [0.3, 0.4) is 0 Å². The molecule has 0 fully saturated rings. The van der Waals surface area contributed by atoms with Crippen LogP contribution in [0.4, 0.5) is 0 Å².